The fourth-order valence-corrected chi connectivity index (χ4v) is 3.07. The maximum Gasteiger partial charge on any atom is 0.317 e. The molecule has 0 radical (unpaired) electrons. The Labute approximate surface area is 155 Å². The van der Waals surface area contributed by atoms with Gasteiger partial charge in [0.15, 0.2) is 0 Å². The van der Waals surface area contributed by atoms with Gasteiger partial charge in [-0.05, 0) is 42.5 Å². The number of carbonyl (C=O) groups is 1. The summed E-state index contributed by atoms with van der Waals surface area (Å²) in [5.41, 5.74) is 1.87. The Morgan fingerprint density at radius 2 is 2.04 bits per heavy atom. The van der Waals surface area contributed by atoms with Crippen LogP contribution in [0.25, 0.3) is 0 Å². The van der Waals surface area contributed by atoms with Crippen LogP contribution in [0.5, 0.6) is 0 Å². The van der Waals surface area contributed by atoms with E-state index in [4.69, 9.17) is 0 Å². The highest BCUT2D eigenvalue weighted by molar-refractivity contribution is 5.73. The highest BCUT2D eigenvalue weighted by Gasteiger charge is 2.16. The average molecular weight is 353 g/mol. The second-order valence-corrected chi connectivity index (χ2v) is 7.03. The zero-order valence-electron chi connectivity index (χ0n) is 15.6. The molecule has 1 aliphatic rings. The summed E-state index contributed by atoms with van der Waals surface area (Å²) in [4.78, 5) is 25.0. The van der Waals surface area contributed by atoms with E-state index in [0.29, 0.717) is 13.1 Å². The molecule has 0 atom stereocenters. The van der Waals surface area contributed by atoms with Gasteiger partial charge in [0.1, 0.15) is 5.82 Å². The number of rotatable bonds is 5. The topological polar surface area (TPSA) is 61.4 Å². The van der Waals surface area contributed by atoms with Crippen LogP contribution in [-0.2, 0) is 13.1 Å². The molecule has 2 aromatic rings. The van der Waals surface area contributed by atoms with Gasteiger partial charge in [-0.2, -0.15) is 0 Å². The largest absolute Gasteiger partial charge is 0.357 e. The molecule has 1 fully saturated rings. The molecule has 1 aliphatic heterocycles. The van der Waals surface area contributed by atoms with E-state index >= 15 is 0 Å². The molecule has 0 saturated carbocycles. The van der Waals surface area contributed by atoms with Gasteiger partial charge in [-0.3, -0.25) is 4.98 Å². The van der Waals surface area contributed by atoms with Gasteiger partial charge in [0.25, 0.3) is 0 Å². The number of aromatic nitrogens is 2. The molecule has 0 spiro atoms. The Morgan fingerprint density at radius 3 is 2.69 bits per heavy atom. The van der Waals surface area contributed by atoms with E-state index in [9.17, 15) is 4.79 Å². The molecule has 2 aromatic heterocycles. The Bertz CT molecular complexity index is 696. The number of carbonyl (C=O) groups excluding carboxylic acids is 1. The van der Waals surface area contributed by atoms with E-state index in [1.807, 2.05) is 30.5 Å². The summed E-state index contributed by atoms with van der Waals surface area (Å²) < 4.78 is 0. The van der Waals surface area contributed by atoms with Crippen molar-refractivity contribution < 1.29 is 4.79 Å². The van der Waals surface area contributed by atoms with Gasteiger partial charge in [-0.1, -0.05) is 19.1 Å². The van der Waals surface area contributed by atoms with Crippen LogP contribution in [0.3, 0.4) is 0 Å². The molecule has 0 aromatic carbocycles. The molecule has 3 heterocycles. The van der Waals surface area contributed by atoms with Crippen molar-refractivity contribution in [2.24, 2.45) is 5.92 Å². The summed E-state index contributed by atoms with van der Waals surface area (Å²) in [6.07, 6.45) is 6.04. The number of amides is 2. The molecule has 26 heavy (non-hydrogen) atoms. The van der Waals surface area contributed by atoms with Crippen molar-refractivity contribution in [3.8, 4) is 0 Å². The minimum atomic E-state index is -0.121. The number of hydrogen-bond acceptors (Lipinski definition) is 4. The minimum absolute atomic E-state index is 0.121. The van der Waals surface area contributed by atoms with Gasteiger partial charge in [0, 0.05) is 39.1 Å². The third-order valence-corrected chi connectivity index (χ3v) is 4.83. The Kier molecular flexibility index (Phi) is 6.04. The van der Waals surface area contributed by atoms with Crippen molar-refractivity contribution in [2.45, 2.75) is 32.9 Å². The molecule has 2 amide bonds. The van der Waals surface area contributed by atoms with Crippen molar-refractivity contribution in [3.63, 3.8) is 0 Å². The molecule has 6 heteroatoms. The molecular formula is C20H27N5O. The molecule has 1 N–H and O–H groups in total. The van der Waals surface area contributed by atoms with Gasteiger partial charge in [-0.25, -0.2) is 9.78 Å². The maximum atomic E-state index is 12.2. The first-order chi connectivity index (χ1) is 12.6. The van der Waals surface area contributed by atoms with Gasteiger partial charge in [0.2, 0.25) is 0 Å². The molecule has 0 unspecified atom stereocenters. The van der Waals surface area contributed by atoms with Crippen molar-refractivity contribution >= 4 is 11.8 Å². The zero-order valence-corrected chi connectivity index (χ0v) is 15.6. The lowest BCUT2D eigenvalue weighted by molar-refractivity contribution is 0.206. The summed E-state index contributed by atoms with van der Waals surface area (Å²) >= 11 is 0. The first-order valence-electron chi connectivity index (χ1n) is 9.20. The monoisotopic (exact) mass is 353 g/mol. The normalized spacial score (nSPS) is 14.9. The summed E-state index contributed by atoms with van der Waals surface area (Å²) in [6, 6.07) is 9.67. The van der Waals surface area contributed by atoms with Crippen LogP contribution in [0, 0.1) is 5.92 Å². The standard InChI is InChI=1S/C20H27N5O/c1-16-8-11-25(12-9-16)19-7-6-17(13-22-19)14-23-20(26)24(2)15-18-5-3-4-10-21-18/h3-7,10,13,16H,8-9,11-12,14-15H2,1-2H3,(H,23,26). The lowest BCUT2D eigenvalue weighted by Gasteiger charge is -2.31. The number of piperidine rings is 1. The van der Waals surface area contributed by atoms with E-state index in [-0.39, 0.29) is 6.03 Å². The lowest BCUT2D eigenvalue weighted by Crippen LogP contribution is -2.36. The van der Waals surface area contributed by atoms with E-state index in [1.165, 1.54) is 12.8 Å². The van der Waals surface area contributed by atoms with Gasteiger partial charge in [-0.15, -0.1) is 0 Å². The molecule has 6 nitrogen and oxygen atoms in total. The van der Waals surface area contributed by atoms with Crippen molar-refractivity contribution in [2.75, 3.05) is 25.0 Å². The second kappa shape index (κ2) is 8.65. The van der Waals surface area contributed by atoms with Crippen molar-refractivity contribution in [1.82, 2.24) is 20.2 Å². The number of anilines is 1. The zero-order chi connectivity index (χ0) is 18.4. The number of pyridine rings is 2. The first kappa shape index (κ1) is 18.2. The number of nitrogens with one attached hydrogen (secondary N) is 1. The molecule has 0 aliphatic carbocycles. The van der Waals surface area contributed by atoms with Crippen molar-refractivity contribution in [1.29, 1.82) is 0 Å². The predicted molar refractivity (Wildman–Crippen MR) is 103 cm³/mol. The van der Waals surface area contributed by atoms with Crippen LogP contribution < -0.4 is 10.2 Å². The van der Waals surface area contributed by atoms with Gasteiger partial charge < -0.3 is 15.1 Å². The molecule has 1 saturated heterocycles. The lowest BCUT2D eigenvalue weighted by atomic mass is 9.99. The summed E-state index contributed by atoms with van der Waals surface area (Å²) in [7, 11) is 1.77. The maximum absolute atomic E-state index is 12.2. The van der Waals surface area contributed by atoms with E-state index in [1.54, 1.807) is 18.1 Å². The molecule has 0 bridgehead atoms. The number of nitrogens with zero attached hydrogens (tertiary/aromatic N) is 4. The number of urea groups is 1. The summed E-state index contributed by atoms with van der Waals surface area (Å²) in [5.74, 6) is 1.84. The highest BCUT2D eigenvalue weighted by atomic mass is 16.2. The third-order valence-electron chi connectivity index (χ3n) is 4.83. The Balaban J connectivity index is 1.47. The smallest absolute Gasteiger partial charge is 0.317 e. The Morgan fingerprint density at radius 1 is 1.23 bits per heavy atom. The van der Waals surface area contributed by atoms with Crippen LogP contribution in [0.2, 0.25) is 0 Å². The van der Waals surface area contributed by atoms with Crippen molar-refractivity contribution in [3.05, 3.63) is 54.0 Å². The van der Waals surface area contributed by atoms with E-state index < -0.39 is 0 Å². The van der Waals surface area contributed by atoms with Crippen LogP contribution in [-0.4, -0.2) is 41.0 Å². The molecule has 3 rings (SSSR count). The van der Waals surface area contributed by atoms with Crippen LogP contribution in [0.4, 0.5) is 10.6 Å². The average Bonchev–Trinajstić information content (AvgIpc) is 2.68. The third kappa shape index (κ3) is 4.94. The van der Waals surface area contributed by atoms with Gasteiger partial charge in [0.05, 0.1) is 12.2 Å². The summed E-state index contributed by atoms with van der Waals surface area (Å²) in [6.45, 7) is 5.40. The van der Waals surface area contributed by atoms with Crippen LogP contribution in [0.15, 0.2) is 42.7 Å². The summed E-state index contributed by atoms with van der Waals surface area (Å²) in [5, 5.41) is 2.93. The Hall–Kier alpha value is -2.63. The fraction of sp³-hybridized carbons (Fsp3) is 0.450. The molecular weight excluding hydrogens is 326 g/mol. The van der Waals surface area contributed by atoms with Crippen LogP contribution in [0.1, 0.15) is 31.0 Å². The minimum Gasteiger partial charge on any atom is -0.357 e. The van der Waals surface area contributed by atoms with Gasteiger partial charge >= 0.3 is 6.03 Å². The second-order valence-electron chi connectivity index (χ2n) is 7.03. The SMILES string of the molecule is CC1CCN(c2ccc(CNC(=O)N(C)Cc3ccccn3)cn2)CC1. The molecule has 138 valence electrons. The fourth-order valence-electron chi connectivity index (χ4n) is 3.07. The van der Waals surface area contributed by atoms with Crippen LogP contribution >= 0.6 is 0 Å². The van der Waals surface area contributed by atoms with E-state index in [2.05, 4.69) is 33.2 Å². The first-order valence-corrected chi connectivity index (χ1v) is 9.20. The van der Waals surface area contributed by atoms with E-state index in [0.717, 1.165) is 36.1 Å². The number of hydrogen-bond donors (Lipinski definition) is 1. The quantitative estimate of drug-likeness (QED) is 0.897. The highest BCUT2D eigenvalue weighted by Crippen LogP contribution is 2.21. The predicted octanol–water partition coefficient (Wildman–Crippen LogP) is 3.05.